The van der Waals surface area contributed by atoms with Gasteiger partial charge >= 0.3 is 11.7 Å². The van der Waals surface area contributed by atoms with Crippen molar-refractivity contribution in [3.8, 4) is 5.75 Å². The van der Waals surface area contributed by atoms with Gasteiger partial charge in [-0.2, -0.15) is 0 Å². The van der Waals surface area contributed by atoms with Crippen LogP contribution in [0.5, 0.6) is 5.75 Å². The minimum absolute atomic E-state index is 0.0647. The second kappa shape index (κ2) is 5.85. The Hall–Kier alpha value is -1.86. The number of para-hydroxylation sites is 1. The highest BCUT2D eigenvalue weighted by Crippen LogP contribution is 2.34. The van der Waals surface area contributed by atoms with E-state index in [-0.39, 0.29) is 23.1 Å². The number of halogens is 1. The zero-order valence-corrected chi connectivity index (χ0v) is 11.1. The zero-order valence-electron chi connectivity index (χ0n) is 10.4. The Morgan fingerprint density at radius 2 is 2.21 bits per heavy atom. The minimum atomic E-state index is -1.43. The molecule has 0 saturated carbocycles. The van der Waals surface area contributed by atoms with Crippen LogP contribution in [0.25, 0.3) is 0 Å². The molecule has 7 nitrogen and oxygen atoms in total. The van der Waals surface area contributed by atoms with E-state index in [2.05, 4.69) is 4.74 Å². The highest BCUT2D eigenvalue weighted by Gasteiger charge is 2.32. The number of carbonyl (C=O) groups excluding carboxylic acids is 1. The molecule has 104 valence electrons. The summed E-state index contributed by atoms with van der Waals surface area (Å²) in [6.45, 7) is 1.09. The first-order valence-corrected chi connectivity index (χ1v) is 5.60. The molecule has 0 fully saturated rings. The number of ether oxygens (including phenoxy) is 2. The molecule has 0 amide bonds. The summed E-state index contributed by atoms with van der Waals surface area (Å²) in [6.07, 6.45) is 0. The van der Waals surface area contributed by atoms with Crippen LogP contribution >= 0.6 is 11.6 Å². The number of nitro groups is 1. The molecule has 0 aliphatic carbocycles. The molecule has 1 aromatic rings. The van der Waals surface area contributed by atoms with Crippen LogP contribution in [0.3, 0.4) is 0 Å². The van der Waals surface area contributed by atoms with Crippen molar-refractivity contribution in [3.05, 3.63) is 33.3 Å². The molecular formula is C11H13ClN2O5. The predicted octanol–water partition coefficient (Wildman–Crippen LogP) is 1.52. The van der Waals surface area contributed by atoms with Crippen molar-refractivity contribution in [2.75, 3.05) is 13.7 Å². The highest BCUT2D eigenvalue weighted by atomic mass is 35.5. The molecular weight excluding hydrogens is 276 g/mol. The molecule has 1 aromatic carbocycles. The molecule has 0 saturated heterocycles. The SMILES string of the molecule is COC(=O)C(C)(N)COc1c(Cl)cccc1[N+](=O)[O-]. The first-order valence-electron chi connectivity index (χ1n) is 5.22. The van der Waals surface area contributed by atoms with Crippen molar-refractivity contribution in [1.82, 2.24) is 0 Å². The minimum Gasteiger partial charge on any atom is -0.483 e. The summed E-state index contributed by atoms with van der Waals surface area (Å²) in [6, 6.07) is 4.11. The van der Waals surface area contributed by atoms with E-state index in [4.69, 9.17) is 22.1 Å². The molecule has 1 rings (SSSR count). The fourth-order valence-electron chi connectivity index (χ4n) is 1.30. The van der Waals surface area contributed by atoms with Crippen molar-refractivity contribution < 1.29 is 19.2 Å². The van der Waals surface area contributed by atoms with E-state index >= 15 is 0 Å². The summed E-state index contributed by atoms with van der Waals surface area (Å²) in [5, 5.41) is 10.9. The standard InChI is InChI=1S/C11H13ClN2O5/c1-11(13,10(15)18-2)6-19-9-7(12)4-3-5-8(9)14(16)17/h3-5H,6,13H2,1-2H3. The number of nitro benzene ring substituents is 1. The van der Waals surface area contributed by atoms with Crippen molar-refractivity contribution in [2.24, 2.45) is 5.73 Å². The highest BCUT2D eigenvalue weighted by molar-refractivity contribution is 6.32. The number of benzene rings is 1. The van der Waals surface area contributed by atoms with Gasteiger partial charge in [-0.25, -0.2) is 4.79 Å². The third-order valence-electron chi connectivity index (χ3n) is 2.31. The summed E-state index contributed by atoms with van der Waals surface area (Å²) in [4.78, 5) is 21.6. The van der Waals surface area contributed by atoms with E-state index in [1.165, 1.54) is 32.2 Å². The van der Waals surface area contributed by atoms with Crippen LogP contribution in [0.2, 0.25) is 5.02 Å². The van der Waals surface area contributed by atoms with Crippen LogP contribution in [0.4, 0.5) is 5.69 Å². The lowest BCUT2D eigenvalue weighted by Crippen LogP contribution is -2.50. The number of esters is 1. The van der Waals surface area contributed by atoms with Gasteiger partial charge in [0.2, 0.25) is 5.75 Å². The van der Waals surface area contributed by atoms with Gasteiger partial charge in [0.15, 0.2) is 0 Å². The number of rotatable bonds is 5. The van der Waals surface area contributed by atoms with Crippen molar-refractivity contribution in [3.63, 3.8) is 0 Å². The van der Waals surface area contributed by atoms with E-state index < -0.39 is 16.4 Å². The third kappa shape index (κ3) is 3.55. The Labute approximate surface area is 114 Å². The van der Waals surface area contributed by atoms with Crippen LogP contribution in [-0.2, 0) is 9.53 Å². The molecule has 2 N–H and O–H groups in total. The predicted molar refractivity (Wildman–Crippen MR) is 68.2 cm³/mol. The Kier molecular flexibility index (Phi) is 4.68. The van der Waals surface area contributed by atoms with Crippen molar-refractivity contribution >= 4 is 23.3 Å². The second-order valence-electron chi connectivity index (χ2n) is 4.04. The van der Waals surface area contributed by atoms with Crippen LogP contribution in [0.15, 0.2) is 18.2 Å². The van der Waals surface area contributed by atoms with Gasteiger partial charge in [0.1, 0.15) is 12.1 Å². The molecule has 0 spiro atoms. The average Bonchev–Trinajstić information content (AvgIpc) is 2.35. The summed E-state index contributed by atoms with van der Waals surface area (Å²) in [5.74, 6) is -0.822. The second-order valence-corrected chi connectivity index (χ2v) is 4.45. The van der Waals surface area contributed by atoms with E-state index in [1.54, 1.807) is 0 Å². The number of nitrogens with two attached hydrogens (primary N) is 1. The molecule has 0 radical (unpaired) electrons. The van der Waals surface area contributed by atoms with Gasteiger partial charge in [0.05, 0.1) is 17.1 Å². The van der Waals surface area contributed by atoms with E-state index in [1.807, 2.05) is 0 Å². The molecule has 0 aliphatic heterocycles. The molecule has 1 unspecified atom stereocenters. The van der Waals surface area contributed by atoms with Gasteiger partial charge in [-0.05, 0) is 13.0 Å². The summed E-state index contributed by atoms with van der Waals surface area (Å²) in [5.41, 5.74) is 3.96. The molecule has 19 heavy (non-hydrogen) atoms. The molecule has 0 heterocycles. The summed E-state index contributed by atoms with van der Waals surface area (Å²) in [7, 11) is 1.19. The maximum absolute atomic E-state index is 11.4. The molecule has 0 aliphatic rings. The Morgan fingerprint density at radius 1 is 1.58 bits per heavy atom. The largest absolute Gasteiger partial charge is 0.483 e. The first kappa shape index (κ1) is 15.2. The van der Waals surface area contributed by atoms with Gasteiger partial charge in [0, 0.05) is 6.07 Å². The van der Waals surface area contributed by atoms with Gasteiger partial charge < -0.3 is 15.2 Å². The third-order valence-corrected chi connectivity index (χ3v) is 2.61. The first-order chi connectivity index (χ1) is 8.79. The lowest BCUT2D eigenvalue weighted by molar-refractivity contribution is -0.385. The fraction of sp³-hybridized carbons (Fsp3) is 0.364. The molecule has 8 heteroatoms. The summed E-state index contributed by atoms with van der Waals surface area (Å²) >= 11 is 5.83. The Bertz CT molecular complexity index is 504. The van der Waals surface area contributed by atoms with E-state index in [0.29, 0.717) is 0 Å². The number of nitrogens with zero attached hydrogens (tertiary/aromatic N) is 1. The average molecular weight is 289 g/mol. The number of hydrogen-bond donors (Lipinski definition) is 1. The number of hydrogen-bond acceptors (Lipinski definition) is 6. The Balaban J connectivity index is 2.95. The lowest BCUT2D eigenvalue weighted by Gasteiger charge is -2.21. The summed E-state index contributed by atoms with van der Waals surface area (Å²) < 4.78 is 9.72. The quantitative estimate of drug-likeness (QED) is 0.500. The van der Waals surface area contributed by atoms with Crippen molar-refractivity contribution in [1.29, 1.82) is 0 Å². The zero-order chi connectivity index (χ0) is 14.6. The van der Waals surface area contributed by atoms with Crippen LogP contribution in [-0.4, -0.2) is 30.1 Å². The van der Waals surface area contributed by atoms with E-state index in [9.17, 15) is 14.9 Å². The smallest absolute Gasteiger partial charge is 0.329 e. The van der Waals surface area contributed by atoms with Gasteiger partial charge in [-0.15, -0.1) is 0 Å². The van der Waals surface area contributed by atoms with Gasteiger partial charge in [0.25, 0.3) is 0 Å². The maximum Gasteiger partial charge on any atom is 0.329 e. The topological polar surface area (TPSA) is 105 Å². The monoisotopic (exact) mass is 288 g/mol. The van der Waals surface area contributed by atoms with Gasteiger partial charge in [-0.3, -0.25) is 10.1 Å². The molecule has 1 atom stereocenters. The molecule has 0 aromatic heterocycles. The normalized spacial score (nSPS) is 13.5. The van der Waals surface area contributed by atoms with Crippen LogP contribution in [0.1, 0.15) is 6.92 Å². The Morgan fingerprint density at radius 3 is 2.74 bits per heavy atom. The lowest BCUT2D eigenvalue weighted by atomic mass is 10.1. The van der Waals surface area contributed by atoms with Crippen molar-refractivity contribution in [2.45, 2.75) is 12.5 Å². The molecule has 0 bridgehead atoms. The maximum atomic E-state index is 11.4. The number of methoxy groups -OCH3 is 1. The van der Waals surface area contributed by atoms with Gasteiger partial charge in [-0.1, -0.05) is 17.7 Å². The van der Waals surface area contributed by atoms with E-state index in [0.717, 1.165) is 0 Å². The van der Waals surface area contributed by atoms with Crippen LogP contribution < -0.4 is 10.5 Å². The fourth-order valence-corrected chi connectivity index (χ4v) is 1.52. The van der Waals surface area contributed by atoms with Crippen LogP contribution in [0, 0.1) is 10.1 Å². The number of carbonyl (C=O) groups is 1.